The van der Waals surface area contributed by atoms with Crippen molar-refractivity contribution in [2.75, 3.05) is 7.11 Å². The summed E-state index contributed by atoms with van der Waals surface area (Å²) < 4.78 is 6.81. The lowest BCUT2D eigenvalue weighted by atomic mass is 10.1. The molecule has 0 aliphatic rings. The molecule has 6 heteroatoms. The van der Waals surface area contributed by atoms with E-state index in [4.69, 9.17) is 4.74 Å². The van der Waals surface area contributed by atoms with E-state index >= 15 is 0 Å². The van der Waals surface area contributed by atoms with Crippen molar-refractivity contribution < 1.29 is 9.53 Å². The highest BCUT2D eigenvalue weighted by molar-refractivity contribution is 7.16. The number of carbonyl (C=O) groups excluding carboxylic acids is 1. The molecule has 0 atom stereocenters. The summed E-state index contributed by atoms with van der Waals surface area (Å²) in [6.45, 7) is 0. The summed E-state index contributed by atoms with van der Waals surface area (Å²) in [5.74, 6) is 0.765. The third-order valence-electron chi connectivity index (χ3n) is 3.95. The van der Waals surface area contributed by atoms with E-state index in [1.54, 1.807) is 11.6 Å². The van der Waals surface area contributed by atoms with E-state index in [1.165, 1.54) is 16.9 Å². The molecule has 5 nitrogen and oxygen atoms in total. The molecule has 2 aromatic heterocycles. The summed E-state index contributed by atoms with van der Waals surface area (Å²) >= 11 is 1.50. The molecule has 0 fully saturated rings. The van der Waals surface area contributed by atoms with Crippen LogP contribution in [0.1, 0.15) is 21.1 Å². The topological polar surface area (TPSA) is 56.5 Å². The van der Waals surface area contributed by atoms with Crippen molar-refractivity contribution in [3.8, 4) is 17.0 Å². The quantitative estimate of drug-likeness (QED) is 0.513. The maximum absolute atomic E-state index is 11.6. The molecule has 0 bridgehead atoms. The van der Waals surface area contributed by atoms with Crippen LogP contribution in [0.25, 0.3) is 16.2 Å². The van der Waals surface area contributed by atoms with Crippen LogP contribution >= 0.6 is 11.3 Å². The van der Waals surface area contributed by atoms with Crippen molar-refractivity contribution in [1.29, 1.82) is 0 Å². The molecule has 0 radical (unpaired) electrons. The van der Waals surface area contributed by atoms with Crippen LogP contribution in [0.15, 0.2) is 54.6 Å². The van der Waals surface area contributed by atoms with Crippen LogP contribution in [-0.4, -0.2) is 28.0 Å². The van der Waals surface area contributed by atoms with Gasteiger partial charge in [-0.25, -0.2) is 4.98 Å². The van der Waals surface area contributed by atoms with Crippen LogP contribution < -0.4 is 4.74 Å². The van der Waals surface area contributed by atoms with E-state index in [0.29, 0.717) is 11.4 Å². The first kappa shape index (κ1) is 15.5. The van der Waals surface area contributed by atoms with Crippen molar-refractivity contribution in [3.05, 3.63) is 70.9 Å². The molecular formula is C19H15N3O2S. The molecule has 124 valence electrons. The third kappa shape index (κ3) is 2.92. The van der Waals surface area contributed by atoms with Gasteiger partial charge in [-0.15, -0.1) is 0 Å². The Labute approximate surface area is 148 Å². The highest BCUT2D eigenvalue weighted by Crippen LogP contribution is 2.28. The number of carbonyl (C=O) groups is 1. The van der Waals surface area contributed by atoms with Crippen molar-refractivity contribution >= 4 is 22.6 Å². The van der Waals surface area contributed by atoms with E-state index in [2.05, 4.69) is 22.2 Å². The van der Waals surface area contributed by atoms with Crippen LogP contribution in [0.3, 0.4) is 0 Å². The Morgan fingerprint density at radius 1 is 1.12 bits per heavy atom. The fourth-order valence-corrected chi connectivity index (χ4v) is 3.65. The zero-order valence-electron chi connectivity index (χ0n) is 13.5. The number of benzene rings is 2. The van der Waals surface area contributed by atoms with E-state index in [9.17, 15) is 4.79 Å². The summed E-state index contributed by atoms with van der Waals surface area (Å²) in [6, 6.07) is 17.6. The Balaban J connectivity index is 1.72. The normalized spacial score (nSPS) is 10.9. The van der Waals surface area contributed by atoms with Crippen molar-refractivity contribution in [1.82, 2.24) is 14.6 Å². The SMILES string of the molecule is COc1ccc(-c2nc3sc(Cc4ccccc4)nn3c2C=O)cc1. The predicted octanol–water partition coefficient (Wildman–Crippen LogP) is 3.87. The van der Waals surface area contributed by atoms with Gasteiger partial charge in [0, 0.05) is 12.0 Å². The van der Waals surface area contributed by atoms with Gasteiger partial charge in [-0.05, 0) is 29.8 Å². The number of methoxy groups -OCH3 is 1. The molecule has 0 amide bonds. The second-order valence-electron chi connectivity index (χ2n) is 5.54. The summed E-state index contributed by atoms with van der Waals surface area (Å²) in [7, 11) is 1.62. The standard InChI is InChI=1S/C19H15N3O2S/c1-24-15-9-7-14(8-10-15)18-16(12-23)22-19(20-18)25-17(21-22)11-13-5-3-2-4-6-13/h2-10,12H,11H2,1H3. The third-order valence-corrected chi connectivity index (χ3v) is 4.86. The molecule has 2 heterocycles. The van der Waals surface area contributed by atoms with Gasteiger partial charge in [-0.3, -0.25) is 4.79 Å². The minimum Gasteiger partial charge on any atom is -0.497 e. The average molecular weight is 349 g/mol. The van der Waals surface area contributed by atoms with Crippen LogP contribution in [0.2, 0.25) is 0 Å². The molecule has 2 aromatic carbocycles. The fourth-order valence-electron chi connectivity index (χ4n) is 2.71. The number of nitrogens with zero attached hydrogens (tertiary/aromatic N) is 3. The van der Waals surface area contributed by atoms with Gasteiger partial charge in [0.05, 0.1) is 7.11 Å². The summed E-state index contributed by atoms with van der Waals surface area (Å²) in [5, 5.41) is 5.50. The summed E-state index contributed by atoms with van der Waals surface area (Å²) in [5.41, 5.74) is 3.16. The van der Waals surface area contributed by atoms with Gasteiger partial charge in [0.1, 0.15) is 22.1 Å². The highest BCUT2D eigenvalue weighted by atomic mass is 32.1. The summed E-state index contributed by atoms with van der Waals surface area (Å²) in [6.07, 6.45) is 1.54. The number of hydrogen-bond donors (Lipinski definition) is 0. The number of fused-ring (bicyclic) bond motifs is 1. The largest absolute Gasteiger partial charge is 0.497 e. The zero-order chi connectivity index (χ0) is 17.2. The van der Waals surface area contributed by atoms with Gasteiger partial charge in [0.25, 0.3) is 0 Å². The molecule has 0 N–H and O–H groups in total. The number of imidazole rings is 1. The molecule has 4 aromatic rings. The van der Waals surface area contributed by atoms with Crippen molar-refractivity contribution in [3.63, 3.8) is 0 Å². The minimum atomic E-state index is 0.468. The maximum Gasteiger partial charge on any atom is 0.213 e. The second-order valence-corrected chi connectivity index (χ2v) is 6.59. The molecule has 0 saturated heterocycles. The van der Waals surface area contributed by atoms with Crippen molar-refractivity contribution in [2.45, 2.75) is 6.42 Å². The number of rotatable bonds is 5. The summed E-state index contributed by atoms with van der Waals surface area (Å²) in [4.78, 5) is 17.0. The van der Waals surface area contributed by atoms with Gasteiger partial charge >= 0.3 is 0 Å². The van der Waals surface area contributed by atoms with Gasteiger partial charge in [-0.1, -0.05) is 41.7 Å². The number of hydrogen-bond acceptors (Lipinski definition) is 5. The van der Waals surface area contributed by atoms with Gasteiger partial charge in [-0.2, -0.15) is 9.61 Å². The van der Waals surface area contributed by atoms with E-state index in [0.717, 1.165) is 34.0 Å². The first-order chi connectivity index (χ1) is 12.3. The zero-order valence-corrected chi connectivity index (χ0v) is 14.4. The average Bonchev–Trinajstić information content (AvgIpc) is 3.19. The minimum absolute atomic E-state index is 0.468. The first-order valence-corrected chi connectivity index (χ1v) is 8.62. The number of ether oxygens (including phenoxy) is 1. The maximum atomic E-state index is 11.6. The highest BCUT2D eigenvalue weighted by Gasteiger charge is 2.17. The Morgan fingerprint density at radius 3 is 2.56 bits per heavy atom. The lowest BCUT2D eigenvalue weighted by Gasteiger charge is -2.01. The van der Waals surface area contributed by atoms with Crippen LogP contribution in [0, 0.1) is 0 Å². The predicted molar refractivity (Wildman–Crippen MR) is 97.5 cm³/mol. The molecular weight excluding hydrogens is 334 g/mol. The van der Waals surface area contributed by atoms with Gasteiger partial charge in [0.15, 0.2) is 6.29 Å². The Kier molecular flexibility index (Phi) is 4.03. The number of aldehydes is 1. The molecule has 0 aliphatic heterocycles. The van der Waals surface area contributed by atoms with Crippen molar-refractivity contribution in [2.24, 2.45) is 0 Å². The van der Waals surface area contributed by atoms with Crippen LogP contribution in [-0.2, 0) is 6.42 Å². The second kappa shape index (κ2) is 6.49. The van der Waals surface area contributed by atoms with Gasteiger partial charge in [0.2, 0.25) is 4.96 Å². The van der Waals surface area contributed by atoms with E-state index in [-0.39, 0.29) is 0 Å². The molecule has 0 aliphatic carbocycles. The number of aromatic nitrogens is 3. The molecule has 25 heavy (non-hydrogen) atoms. The molecule has 0 spiro atoms. The van der Waals surface area contributed by atoms with Crippen LogP contribution in [0.4, 0.5) is 0 Å². The van der Waals surface area contributed by atoms with E-state index < -0.39 is 0 Å². The molecule has 4 rings (SSSR count). The van der Waals surface area contributed by atoms with Gasteiger partial charge < -0.3 is 4.74 Å². The molecule has 0 saturated carbocycles. The monoisotopic (exact) mass is 349 g/mol. The Hall–Kier alpha value is -2.99. The Morgan fingerprint density at radius 2 is 1.88 bits per heavy atom. The first-order valence-electron chi connectivity index (χ1n) is 7.80. The smallest absolute Gasteiger partial charge is 0.213 e. The Bertz CT molecular complexity index is 1020. The lowest BCUT2D eigenvalue weighted by molar-refractivity contribution is 0.111. The molecule has 0 unspecified atom stereocenters. The lowest BCUT2D eigenvalue weighted by Crippen LogP contribution is -1.96. The van der Waals surface area contributed by atoms with Crippen LogP contribution in [0.5, 0.6) is 5.75 Å². The van der Waals surface area contributed by atoms with E-state index in [1.807, 2.05) is 42.5 Å². The fraction of sp³-hybridized carbons (Fsp3) is 0.105.